The van der Waals surface area contributed by atoms with Gasteiger partial charge in [-0.2, -0.15) is 0 Å². The third kappa shape index (κ3) is 11.7. The van der Waals surface area contributed by atoms with Gasteiger partial charge in [0, 0.05) is 25.9 Å². The molecule has 8 atom stereocenters. The number of ether oxygens (including phenoxy) is 6. The van der Waals surface area contributed by atoms with Gasteiger partial charge in [-0.05, 0) is 88.6 Å². The molecule has 2 heterocycles. The molecule has 2 saturated heterocycles. The van der Waals surface area contributed by atoms with Crippen molar-refractivity contribution < 1.29 is 51.2 Å². The van der Waals surface area contributed by atoms with Gasteiger partial charge in [-0.1, -0.05) is 56.8 Å². The summed E-state index contributed by atoms with van der Waals surface area (Å²) in [7, 11) is -2.28. The van der Waals surface area contributed by atoms with Gasteiger partial charge in [0.05, 0.1) is 59.3 Å². The fourth-order valence-corrected chi connectivity index (χ4v) is 8.98. The Morgan fingerprint density at radius 1 is 0.981 bits per heavy atom. The normalized spacial score (nSPS) is 26.5. The fraction of sp³-hybridized carbons (Fsp3) is 0.595. The lowest BCUT2D eigenvalue weighted by molar-refractivity contribution is -0.173. The number of hydrogen-bond donors (Lipinski definition) is 0. The summed E-state index contributed by atoms with van der Waals surface area (Å²) in [5, 5.41) is 0. The number of carbonyl (C=O) groups excluding carboxylic acids is 3. The molecule has 2 aliphatic rings. The lowest BCUT2D eigenvalue weighted by atomic mass is 9.79. The Bertz CT molecular complexity index is 1670. The summed E-state index contributed by atoms with van der Waals surface area (Å²) in [6, 6.07) is 17.2. The van der Waals surface area contributed by atoms with E-state index in [1.807, 2.05) is 26.8 Å². The minimum Gasteiger partial charge on any atom is -0.465 e. The van der Waals surface area contributed by atoms with E-state index in [0.29, 0.717) is 36.8 Å². The zero-order valence-electron chi connectivity index (χ0n) is 32.8. The van der Waals surface area contributed by atoms with E-state index in [-0.39, 0.29) is 66.9 Å². The summed E-state index contributed by atoms with van der Waals surface area (Å²) in [5.41, 5.74) is -0.701. The predicted octanol–water partition coefficient (Wildman–Crippen LogP) is 6.78. The van der Waals surface area contributed by atoms with E-state index < -0.39 is 50.9 Å². The molecule has 2 aliphatic heterocycles. The molecule has 1 unspecified atom stereocenters. The largest absolute Gasteiger partial charge is 0.465 e. The Kier molecular flexibility index (Phi) is 15.1. The lowest BCUT2D eigenvalue weighted by Gasteiger charge is -2.44. The zero-order valence-corrected chi connectivity index (χ0v) is 33.6. The lowest BCUT2D eigenvalue weighted by Crippen LogP contribution is -2.49. The summed E-state index contributed by atoms with van der Waals surface area (Å²) >= 11 is 0. The Labute approximate surface area is 321 Å². The Morgan fingerprint density at radius 2 is 1.63 bits per heavy atom. The molecule has 4 rings (SSSR count). The molecular weight excluding hydrogens is 713 g/mol. The van der Waals surface area contributed by atoms with E-state index in [1.54, 1.807) is 75.4 Å². The topological polar surface area (TPSA) is 141 Å². The first-order chi connectivity index (χ1) is 25.4. The summed E-state index contributed by atoms with van der Waals surface area (Å²) in [4.78, 5) is 38.0. The molecular formula is C42H58O11S. The van der Waals surface area contributed by atoms with Crippen LogP contribution in [0.1, 0.15) is 84.0 Å². The standard InChI is InChI=1S/C42H58O11S/c1-28(25-50-39(44)31-16-11-9-12-17-31)22-35-29(2)34(27-54(46,47)33-19-13-10-14-20-33)37(52-35)23-36-30(3)42(7,53-38(43)26-48-8)24-32(51-36)18-15-21-49-40(45)41(4,5)6/h9-14,16-17,19-20,28-29,32,34-37H,3,15,18,21-27H2,1-2,4-8H3/t28-,29+,32-,34+,35+,36+,37?,42+/m0/s1. The minimum atomic E-state index is -3.69. The van der Waals surface area contributed by atoms with Gasteiger partial charge >= 0.3 is 17.9 Å². The highest BCUT2D eigenvalue weighted by Crippen LogP contribution is 2.44. The van der Waals surface area contributed by atoms with E-state index in [2.05, 4.69) is 6.58 Å². The van der Waals surface area contributed by atoms with Gasteiger partial charge in [-0.3, -0.25) is 4.79 Å². The maximum absolute atomic E-state index is 13.8. The number of sulfone groups is 1. The van der Waals surface area contributed by atoms with Crippen molar-refractivity contribution in [3.8, 4) is 0 Å². The van der Waals surface area contributed by atoms with Gasteiger partial charge in [0.25, 0.3) is 0 Å². The van der Waals surface area contributed by atoms with E-state index in [9.17, 15) is 22.8 Å². The quantitative estimate of drug-likeness (QED) is 0.0727. The average molecular weight is 771 g/mol. The molecule has 0 aromatic heterocycles. The Balaban J connectivity index is 1.54. The predicted molar refractivity (Wildman–Crippen MR) is 203 cm³/mol. The molecule has 0 saturated carbocycles. The minimum absolute atomic E-state index is 0.0728. The first-order valence-corrected chi connectivity index (χ1v) is 20.5. The van der Waals surface area contributed by atoms with Crippen LogP contribution in [-0.4, -0.2) is 89.0 Å². The first-order valence-electron chi connectivity index (χ1n) is 18.8. The smallest absolute Gasteiger partial charge is 0.338 e. The number of hydrogen-bond acceptors (Lipinski definition) is 11. The SMILES string of the molecule is C=C1[C@@H](CC2O[C@H](C[C@H](C)COC(=O)c3ccccc3)[C@H](C)[C@H]2CS(=O)(=O)c2ccccc2)O[C@@H](CCCOC(=O)C(C)(C)C)C[C@@]1(C)OC(=O)COC. The van der Waals surface area contributed by atoms with Crippen LogP contribution < -0.4 is 0 Å². The van der Waals surface area contributed by atoms with Gasteiger partial charge in [-0.25, -0.2) is 18.0 Å². The molecule has 0 spiro atoms. The summed E-state index contributed by atoms with van der Waals surface area (Å²) in [5.74, 6) is -2.03. The van der Waals surface area contributed by atoms with Crippen LogP contribution in [0.25, 0.3) is 0 Å². The zero-order chi connectivity index (χ0) is 39.7. The van der Waals surface area contributed by atoms with Crippen LogP contribution in [0.2, 0.25) is 0 Å². The second-order valence-corrected chi connectivity index (χ2v) is 18.0. The van der Waals surface area contributed by atoms with Crippen molar-refractivity contribution in [2.24, 2.45) is 23.2 Å². The van der Waals surface area contributed by atoms with Crippen molar-refractivity contribution in [1.29, 1.82) is 0 Å². The molecule has 11 nitrogen and oxygen atoms in total. The number of rotatable bonds is 17. The molecule has 2 aromatic rings. The molecule has 0 radical (unpaired) electrons. The molecule has 0 N–H and O–H groups in total. The molecule has 0 aliphatic carbocycles. The van der Waals surface area contributed by atoms with E-state index >= 15 is 0 Å². The van der Waals surface area contributed by atoms with Crippen LogP contribution in [-0.2, 0) is 47.8 Å². The molecule has 2 aromatic carbocycles. The first kappa shape index (κ1) is 43.2. The summed E-state index contributed by atoms with van der Waals surface area (Å²) < 4.78 is 63.1. The molecule has 298 valence electrons. The average Bonchev–Trinajstić information content (AvgIpc) is 3.39. The van der Waals surface area contributed by atoms with Crippen molar-refractivity contribution >= 4 is 27.7 Å². The van der Waals surface area contributed by atoms with Gasteiger partial charge < -0.3 is 28.4 Å². The maximum atomic E-state index is 13.8. The molecule has 0 bridgehead atoms. The van der Waals surface area contributed by atoms with Crippen molar-refractivity contribution in [3.63, 3.8) is 0 Å². The van der Waals surface area contributed by atoms with E-state index in [4.69, 9.17) is 28.4 Å². The van der Waals surface area contributed by atoms with Gasteiger partial charge in [-0.15, -0.1) is 0 Å². The van der Waals surface area contributed by atoms with Crippen molar-refractivity contribution in [3.05, 3.63) is 78.4 Å². The van der Waals surface area contributed by atoms with Crippen LogP contribution in [0.5, 0.6) is 0 Å². The molecule has 12 heteroatoms. The highest BCUT2D eigenvalue weighted by atomic mass is 32.2. The second-order valence-electron chi connectivity index (χ2n) is 16.0. The highest BCUT2D eigenvalue weighted by molar-refractivity contribution is 7.91. The third-order valence-corrected chi connectivity index (χ3v) is 12.2. The molecule has 2 fully saturated rings. The summed E-state index contributed by atoms with van der Waals surface area (Å²) in [6.45, 7) is 15.7. The number of carbonyl (C=O) groups is 3. The molecule has 54 heavy (non-hydrogen) atoms. The fourth-order valence-electron chi connectivity index (χ4n) is 7.19. The number of benzene rings is 2. The van der Waals surface area contributed by atoms with Crippen LogP contribution in [0.4, 0.5) is 0 Å². The second kappa shape index (κ2) is 18.8. The third-order valence-electron chi connectivity index (χ3n) is 10.4. The Morgan fingerprint density at radius 3 is 2.26 bits per heavy atom. The highest BCUT2D eigenvalue weighted by Gasteiger charge is 2.49. The van der Waals surface area contributed by atoms with Gasteiger partial charge in [0.1, 0.15) is 12.2 Å². The molecule has 0 amide bonds. The van der Waals surface area contributed by atoms with Crippen LogP contribution in [0, 0.1) is 23.2 Å². The monoisotopic (exact) mass is 770 g/mol. The van der Waals surface area contributed by atoms with Crippen molar-refractivity contribution in [2.75, 3.05) is 32.7 Å². The van der Waals surface area contributed by atoms with Crippen molar-refractivity contribution in [1.82, 2.24) is 0 Å². The number of esters is 3. The Hall–Kier alpha value is -3.58. The van der Waals surface area contributed by atoms with Crippen LogP contribution in [0.15, 0.2) is 77.7 Å². The number of methoxy groups -OCH3 is 1. The van der Waals surface area contributed by atoms with E-state index in [1.165, 1.54) is 7.11 Å². The van der Waals surface area contributed by atoms with Crippen LogP contribution >= 0.6 is 0 Å². The van der Waals surface area contributed by atoms with Gasteiger partial charge in [0.2, 0.25) is 0 Å². The van der Waals surface area contributed by atoms with Crippen LogP contribution in [0.3, 0.4) is 0 Å². The van der Waals surface area contributed by atoms with Crippen molar-refractivity contribution in [2.45, 2.75) is 109 Å². The maximum Gasteiger partial charge on any atom is 0.338 e. The van der Waals surface area contributed by atoms with Gasteiger partial charge in [0.15, 0.2) is 9.84 Å². The summed E-state index contributed by atoms with van der Waals surface area (Å²) in [6.07, 6.45) is 0.307. The van der Waals surface area contributed by atoms with E-state index in [0.717, 1.165) is 0 Å².